The van der Waals surface area contributed by atoms with E-state index in [1.807, 2.05) is 60.7 Å². The number of para-hydroxylation sites is 2. The molecular formula is C29H26ClN3O4. The highest BCUT2D eigenvalue weighted by Crippen LogP contribution is 2.49. The Labute approximate surface area is 219 Å². The van der Waals surface area contributed by atoms with Crippen LogP contribution in [0.15, 0.2) is 71.9 Å². The number of hydrogen-bond donors (Lipinski definition) is 1. The van der Waals surface area contributed by atoms with Crippen molar-refractivity contribution in [3.63, 3.8) is 0 Å². The van der Waals surface area contributed by atoms with Gasteiger partial charge in [0, 0.05) is 22.7 Å². The van der Waals surface area contributed by atoms with Crippen molar-refractivity contribution in [2.75, 3.05) is 26.6 Å². The molecule has 7 nitrogen and oxygen atoms in total. The first-order valence-electron chi connectivity index (χ1n) is 12.1. The number of benzene rings is 3. The van der Waals surface area contributed by atoms with E-state index in [2.05, 4.69) is 9.88 Å². The number of fused-ring (bicyclic) bond motifs is 3. The molecule has 0 radical (unpaired) electrons. The van der Waals surface area contributed by atoms with Gasteiger partial charge in [-0.05, 0) is 53.8 Å². The number of methoxy groups -OCH3 is 3. The molecule has 1 aromatic heterocycles. The Kier molecular flexibility index (Phi) is 5.80. The molecule has 2 atom stereocenters. The summed E-state index contributed by atoms with van der Waals surface area (Å²) in [6.45, 7) is 0. The lowest BCUT2D eigenvalue weighted by molar-refractivity contribution is -0.116. The zero-order valence-electron chi connectivity index (χ0n) is 20.7. The normalized spacial score (nSPS) is 18.8. The van der Waals surface area contributed by atoms with E-state index < -0.39 is 0 Å². The minimum absolute atomic E-state index is 0.0702. The lowest BCUT2D eigenvalue weighted by Gasteiger charge is -2.36. The van der Waals surface area contributed by atoms with Crippen LogP contribution in [0.5, 0.6) is 17.2 Å². The van der Waals surface area contributed by atoms with E-state index in [1.54, 1.807) is 21.3 Å². The Hall–Kier alpha value is -3.97. The molecule has 37 heavy (non-hydrogen) atoms. The lowest BCUT2D eigenvalue weighted by atomic mass is 9.77. The van der Waals surface area contributed by atoms with E-state index in [4.69, 9.17) is 30.8 Å². The minimum Gasteiger partial charge on any atom is -0.493 e. The van der Waals surface area contributed by atoms with Crippen LogP contribution in [0.2, 0.25) is 5.02 Å². The third-order valence-electron chi connectivity index (χ3n) is 7.26. The highest BCUT2D eigenvalue weighted by molar-refractivity contribution is 6.31. The van der Waals surface area contributed by atoms with Crippen LogP contribution in [0.4, 0.5) is 5.95 Å². The number of Topliss-reactive ketones (excluding diaryl/α,β-unsaturated/α-hetero) is 1. The molecule has 2 aliphatic rings. The predicted octanol–water partition coefficient (Wildman–Crippen LogP) is 6.13. The molecule has 8 heteroatoms. The number of nitrogens with one attached hydrogen (secondary N) is 1. The summed E-state index contributed by atoms with van der Waals surface area (Å²) in [7, 11) is 4.76. The maximum absolute atomic E-state index is 13.9. The predicted molar refractivity (Wildman–Crippen MR) is 143 cm³/mol. The number of nitrogens with zero attached hydrogens (tertiary/aromatic N) is 2. The molecule has 0 fully saturated rings. The molecule has 1 aliphatic carbocycles. The van der Waals surface area contributed by atoms with Crippen LogP contribution in [0, 0.1) is 0 Å². The zero-order valence-corrected chi connectivity index (χ0v) is 21.5. The topological polar surface area (TPSA) is 74.6 Å². The van der Waals surface area contributed by atoms with Crippen molar-refractivity contribution in [2.45, 2.75) is 24.8 Å². The molecule has 2 unspecified atom stereocenters. The van der Waals surface area contributed by atoms with Crippen molar-refractivity contribution < 1.29 is 19.0 Å². The lowest BCUT2D eigenvalue weighted by Crippen LogP contribution is -2.33. The number of allylic oxidation sites excluding steroid dienone is 2. The van der Waals surface area contributed by atoms with Gasteiger partial charge in [-0.3, -0.25) is 9.36 Å². The molecule has 0 amide bonds. The summed E-state index contributed by atoms with van der Waals surface area (Å²) >= 11 is 6.71. The SMILES string of the molecule is COc1cc(C2CC(=O)C3=C(C2)Nc2nc4ccccc4n2C3c2ccccc2Cl)cc(OC)c1OC. The van der Waals surface area contributed by atoms with Gasteiger partial charge in [0.15, 0.2) is 17.3 Å². The Morgan fingerprint density at radius 3 is 2.35 bits per heavy atom. The number of imidazole rings is 1. The molecule has 0 bridgehead atoms. The summed E-state index contributed by atoms with van der Waals surface area (Å²) in [5.74, 6) is 2.35. The molecule has 3 aromatic carbocycles. The Morgan fingerprint density at radius 2 is 1.65 bits per heavy atom. The van der Waals surface area contributed by atoms with E-state index in [0.29, 0.717) is 41.1 Å². The highest BCUT2D eigenvalue weighted by Gasteiger charge is 2.40. The number of carbonyl (C=O) groups excluding carboxylic acids is 1. The first-order chi connectivity index (χ1) is 18.0. The molecule has 1 N–H and O–H groups in total. The highest BCUT2D eigenvalue weighted by atomic mass is 35.5. The molecule has 6 rings (SSSR count). The maximum atomic E-state index is 13.9. The van der Waals surface area contributed by atoms with Crippen LogP contribution in [0.1, 0.15) is 35.9 Å². The van der Waals surface area contributed by atoms with Crippen LogP contribution in [0.25, 0.3) is 11.0 Å². The summed E-state index contributed by atoms with van der Waals surface area (Å²) in [5.41, 5.74) is 5.22. The second kappa shape index (κ2) is 9.16. The number of anilines is 1. The summed E-state index contributed by atoms with van der Waals surface area (Å²) in [6.07, 6.45) is 0.978. The summed E-state index contributed by atoms with van der Waals surface area (Å²) in [4.78, 5) is 18.8. The fourth-order valence-corrected chi connectivity index (χ4v) is 5.83. The molecule has 0 saturated carbocycles. The summed E-state index contributed by atoms with van der Waals surface area (Å²) in [6, 6.07) is 19.1. The average molecular weight is 516 g/mol. The minimum atomic E-state index is -0.374. The van der Waals surface area contributed by atoms with Crippen LogP contribution < -0.4 is 19.5 Å². The van der Waals surface area contributed by atoms with Crippen molar-refractivity contribution in [3.8, 4) is 17.2 Å². The van der Waals surface area contributed by atoms with Gasteiger partial charge < -0.3 is 19.5 Å². The van der Waals surface area contributed by atoms with Gasteiger partial charge in [-0.25, -0.2) is 4.98 Å². The molecular weight excluding hydrogens is 490 g/mol. The summed E-state index contributed by atoms with van der Waals surface area (Å²) in [5, 5.41) is 4.11. The van der Waals surface area contributed by atoms with E-state index >= 15 is 0 Å². The van der Waals surface area contributed by atoms with Gasteiger partial charge >= 0.3 is 0 Å². The Bertz CT molecular complexity index is 1550. The van der Waals surface area contributed by atoms with Gasteiger partial charge in [0.05, 0.1) is 38.4 Å². The van der Waals surface area contributed by atoms with E-state index in [0.717, 1.165) is 33.4 Å². The smallest absolute Gasteiger partial charge is 0.209 e. The van der Waals surface area contributed by atoms with Crippen LogP contribution in [-0.4, -0.2) is 36.7 Å². The third kappa shape index (κ3) is 3.73. The van der Waals surface area contributed by atoms with Crippen LogP contribution >= 0.6 is 11.6 Å². The number of ketones is 1. The summed E-state index contributed by atoms with van der Waals surface area (Å²) < 4.78 is 18.7. The molecule has 2 heterocycles. The maximum Gasteiger partial charge on any atom is 0.209 e. The van der Waals surface area contributed by atoms with Gasteiger partial charge in [-0.1, -0.05) is 41.9 Å². The van der Waals surface area contributed by atoms with E-state index in [9.17, 15) is 4.79 Å². The van der Waals surface area contributed by atoms with Gasteiger partial charge in [0.2, 0.25) is 11.7 Å². The number of carbonyl (C=O) groups is 1. The quantitative estimate of drug-likeness (QED) is 0.344. The molecule has 0 spiro atoms. The van der Waals surface area contributed by atoms with Crippen molar-refractivity contribution in [3.05, 3.63) is 88.1 Å². The molecule has 4 aromatic rings. The van der Waals surface area contributed by atoms with Crippen molar-refractivity contribution in [1.82, 2.24) is 9.55 Å². The van der Waals surface area contributed by atoms with Crippen LogP contribution in [-0.2, 0) is 4.79 Å². The third-order valence-corrected chi connectivity index (χ3v) is 7.60. The Balaban J connectivity index is 1.50. The fourth-order valence-electron chi connectivity index (χ4n) is 5.59. The first-order valence-corrected chi connectivity index (χ1v) is 12.5. The van der Waals surface area contributed by atoms with Gasteiger partial charge in [0.1, 0.15) is 0 Å². The van der Waals surface area contributed by atoms with E-state index in [1.165, 1.54) is 0 Å². The van der Waals surface area contributed by atoms with Crippen molar-refractivity contribution in [1.29, 1.82) is 0 Å². The molecule has 188 valence electrons. The molecule has 1 aliphatic heterocycles. The first kappa shape index (κ1) is 23.4. The molecule has 0 saturated heterocycles. The average Bonchev–Trinajstić information content (AvgIpc) is 3.29. The van der Waals surface area contributed by atoms with Gasteiger partial charge in [0.25, 0.3) is 0 Å². The largest absolute Gasteiger partial charge is 0.493 e. The van der Waals surface area contributed by atoms with Crippen molar-refractivity contribution in [2.24, 2.45) is 0 Å². The van der Waals surface area contributed by atoms with E-state index in [-0.39, 0.29) is 17.7 Å². The second-order valence-corrected chi connectivity index (χ2v) is 9.63. The number of ether oxygens (including phenoxy) is 3. The number of halogens is 1. The second-order valence-electron chi connectivity index (χ2n) is 9.22. The number of hydrogen-bond acceptors (Lipinski definition) is 6. The monoisotopic (exact) mass is 515 g/mol. The number of rotatable bonds is 5. The van der Waals surface area contributed by atoms with Gasteiger partial charge in [-0.15, -0.1) is 0 Å². The zero-order chi connectivity index (χ0) is 25.7. The fraction of sp³-hybridized carbons (Fsp3) is 0.241. The van der Waals surface area contributed by atoms with Crippen LogP contribution in [0.3, 0.4) is 0 Å². The number of aromatic nitrogens is 2. The standard InChI is InChI=1S/C29H26ClN3O4/c1-35-24-14-17(15-25(36-2)28(24)37-3)16-12-21-26(23(34)13-16)27(18-8-4-5-9-19(18)30)33-22-11-7-6-10-20(22)31-29(33)32-21/h4-11,14-16,27H,12-13H2,1-3H3,(H,31,32). The van der Waals surface area contributed by atoms with Crippen molar-refractivity contribution >= 4 is 34.4 Å². The Morgan fingerprint density at radius 1 is 0.946 bits per heavy atom. The van der Waals surface area contributed by atoms with Gasteiger partial charge in [-0.2, -0.15) is 0 Å².